The number of thiophene rings is 1. The van der Waals surface area contributed by atoms with Gasteiger partial charge in [-0.15, -0.1) is 0 Å². The zero-order valence-corrected chi connectivity index (χ0v) is 10.4. The number of rotatable bonds is 4. The maximum Gasteiger partial charge on any atom is 0.323 e. The van der Waals surface area contributed by atoms with Crippen molar-refractivity contribution >= 4 is 28.9 Å². The van der Waals surface area contributed by atoms with Crippen LogP contribution in [0.15, 0.2) is 16.8 Å². The molecule has 90 valence electrons. The summed E-state index contributed by atoms with van der Waals surface area (Å²) in [7, 11) is 0. The smallest absolute Gasteiger partial charge is 0.323 e. The fraction of sp³-hybridized carbons (Fsp3) is 0.300. The maximum atomic E-state index is 5.58. The first-order valence-corrected chi connectivity index (χ1v) is 6.05. The summed E-state index contributed by atoms with van der Waals surface area (Å²) in [6, 6.07) is 2.15. The van der Waals surface area contributed by atoms with Crippen LogP contribution in [0.4, 0.5) is 17.6 Å². The van der Waals surface area contributed by atoms with Gasteiger partial charge < -0.3 is 15.8 Å². The molecule has 2 aromatic heterocycles. The molecule has 0 bridgehead atoms. The molecular weight excluding hydrogens is 238 g/mol. The van der Waals surface area contributed by atoms with Gasteiger partial charge in [0.1, 0.15) is 0 Å². The lowest BCUT2D eigenvalue weighted by atomic mass is 10.5. The highest BCUT2D eigenvalue weighted by molar-refractivity contribution is 7.08. The van der Waals surface area contributed by atoms with E-state index in [9.17, 15) is 0 Å². The molecule has 2 aromatic rings. The summed E-state index contributed by atoms with van der Waals surface area (Å²) in [6.07, 6.45) is -0.00852. The third-order valence-electron chi connectivity index (χ3n) is 1.75. The van der Waals surface area contributed by atoms with Gasteiger partial charge in [0.25, 0.3) is 0 Å². The molecule has 2 rings (SSSR count). The van der Waals surface area contributed by atoms with E-state index in [1.54, 1.807) is 11.3 Å². The first-order valence-electron chi connectivity index (χ1n) is 5.11. The summed E-state index contributed by atoms with van der Waals surface area (Å²) in [5.41, 5.74) is 6.50. The highest BCUT2D eigenvalue weighted by Gasteiger charge is 2.07. The molecule has 0 saturated heterocycles. The molecule has 0 unspecified atom stereocenters. The summed E-state index contributed by atoms with van der Waals surface area (Å²) < 4.78 is 5.38. The van der Waals surface area contributed by atoms with Crippen molar-refractivity contribution in [2.24, 2.45) is 0 Å². The topological polar surface area (TPSA) is 86.0 Å². The third-order valence-corrected chi connectivity index (χ3v) is 2.43. The average Bonchev–Trinajstić information content (AvgIpc) is 2.67. The van der Waals surface area contributed by atoms with Gasteiger partial charge in [0, 0.05) is 5.38 Å². The number of ether oxygens (including phenoxy) is 1. The van der Waals surface area contributed by atoms with Crippen molar-refractivity contribution in [1.82, 2.24) is 15.0 Å². The lowest BCUT2D eigenvalue weighted by Gasteiger charge is -2.09. The van der Waals surface area contributed by atoms with Crippen LogP contribution in [0, 0.1) is 0 Å². The Morgan fingerprint density at radius 2 is 2.18 bits per heavy atom. The normalized spacial score (nSPS) is 10.5. The Labute approximate surface area is 103 Å². The molecule has 0 aliphatic carbocycles. The van der Waals surface area contributed by atoms with Gasteiger partial charge in [-0.25, -0.2) is 0 Å². The Kier molecular flexibility index (Phi) is 3.38. The minimum absolute atomic E-state index is 0.00852. The number of nitrogens with two attached hydrogens (primary N) is 1. The lowest BCUT2D eigenvalue weighted by molar-refractivity contribution is 0.222. The molecule has 7 heteroatoms. The Morgan fingerprint density at radius 3 is 2.82 bits per heavy atom. The number of hydrogen-bond donors (Lipinski definition) is 2. The predicted molar refractivity (Wildman–Crippen MR) is 67.6 cm³/mol. The highest BCUT2D eigenvalue weighted by atomic mass is 32.1. The second-order valence-electron chi connectivity index (χ2n) is 3.60. The van der Waals surface area contributed by atoms with E-state index in [1.807, 2.05) is 30.7 Å². The number of aromatic nitrogens is 3. The van der Waals surface area contributed by atoms with Crippen LogP contribution >= 0.6 is 11.3 Å². The van der Waals surface area contributed by atoms with Crippen molar-refractivity contribution in [2.75, 3.05) is 11.1 Å². The van der Waals surface area contributed by atoms with Gasteiger partial charge in [-0.2, -0.15) is 26.3 Å². The largest absolute Gasteiger partial charge is 0.461 e. The molecule has 0 radical (unpaired) electrons. The maximum absolute atomic E-state index is 5.58. The fourth-order valence-corrected chi connectivity index (χ4v) is 1.74. The van der Waals surface area contributed by atoms with Crippen LogP contribution in [0.3, 0.4) is 0 Å². The van der Waals surface area contributed by atoms with Gasteiger partial charge in [-0.05, 0) is 25.3 Å². The van der Waals surface area contributed by atoms with E-state index < -0.39 is 0 Å². The van der Waals surface area contributed by atoms with Crippen LogP contribution < -0.4 is 15.8 Å². The second-order valence-corrected chi connectivity index (χ2v) is 4.38. The van der Waals surface area contributed by atoms with Gasteiger partial charge in [0.2, 0.25) is 11.9 Å². The summed E-state index contributed by atoms with van der Waals surface area (Å²) in [4.78, 5) is 12.0. The summed E-state index contributed by atoms with van der Waals surface area (Å²) in [5.74, 6) is 0.514. The Bertz CT molecular complexity index is 485. The molecule has 2 heterocycles. The van der Waals surface area contributed by atoms with Crippen molar-refractivity contribution in [1.29, 1.82) is 0 Å². The molecule has 6 nitrogen and oxygen atoms in total. The van der Waals surface area contributed by atoms with E-state index in [-0.39, 0.29) is 18.1 Å². The number of hydrogen-bond acceptors (Lipinski definition) is 7. The molecule has 17 heavy (non-hydrogen) atoms. The molecule has 0 aromatic carbocycles. The van der Waals surface area contributed by atoms with Crippen molar-refractivity contribution in [2.45, 2.75) is 20.0 Å². The van der Waals surface area contributed by atoms with Crippen molar-refractivity contribution in [3.05, 3.63) is 16.8 Å². The number of nitrogen functional groups attached to an aromatic ring is 1. The molecule has 3 N–H and O–H groups in total. The van der Waals surface area contributed by atoms with E-state index in [0.29, 0.717) is 5.95 Å². The molecule has 0 saturated carbocycles. The van der Waals surface area contributed by atoms with Crippen LogP contribution in [0.1, 0.15) is 13.8 Å². The monoisotopic (exact) mass is 251 g/mol. The van der Waals surface area contributed by atoms with Crippen LogP contribution in [0.5, 0.6) is 6.01 Å². The molecule has 0 aliphatic rings. The molecular formula is C10H13N5OS. The summed E-state index contributed by atoms with van der Waals surface area (Å²) in [5, 5.41) is 6.93. The van der Waals surface area contributed by atoms with Crippen LogP contribution in [-0.4, -0.2) is 21.1 Å². The molecule has 0 fully saturated rings. The molecule has 0 spiro atoms. The van der Waals surface area contributed by atoms with Crippen LogP contribution in [0.25, 0.3) is 0 Å². The standard InChI is InChI=1S/C10H13N5OS/c1-6(2)16-10-14-8(11)13-9(15-10)12-7-3-4-17-5-7/h3-6H,1-2H3,(H3,11,12,13,14,15). The van der Waals surface area contributed by atoms with Gasteiger partial charge in [-0.1, -0.05) is 0 Å². The third kappa shape index (κ3) is 3.28. The Hall–Kier alpha value is -1.89. The van der Waals surface area contributed by atoms with E-state index in [2.05, 4.69) is 20.3 Å². The van der Waals surface area contributed by atoms with Gasteiger partial charge >= 0.3 is 6.01 Å². The van der Waals surface area contributed by atoms with Crippen molar-refractivity contribution in [3.8, 4) is 6.01 Å². The SMILES string of the molecule is CC(C)Oc1nc(N)nc(Nc2ccsc2)n1. The van der Waals surface area contributed by atoms with Crippen LogP contribution in [-0.2, 0) is 0 Å². The number of anilines is 3. The molecule has 0 amide bonds. The van der Waals surface area contributed by atoms with Gasteiger partial charge in [-0.3, -0.25) is 0 Å². The fourth-order valence-electron chi connectivity index (χ4n) is 1.16. The summed E-state index contributed by atoms with van der Waals surface area (Å²) in [6.45, 7) is 3.79. The van der Waals surface area contributed by atoms with E-state index in [1.165, 1.54) is 0 Å². The summed E-state index contributed by atoms with van der Waals surface area (Å²) >= 11 is 1.58. The van der Waals surface area contributed by atoms with Gasteiger partial charge in [0.05, 0.1) is 11.8 Å². The number of nitrogens with one attached hydrogen (secondary N) is 1. The van der Waals surface area contributed by atoms with Gasteiger partial charge in [0.15, 0.2) is 0 Å². The van der Waals surface area contributed by atoms with Crippen LogP contribution in [0.2, 0.25) is 0 Å². The van der Waals surface area contributed by atoms with Crippen molar-refractivity contribution < 1.29 is 4.74 Å². The molecule has 0 aliphatic heterocycles. The highest BCUT2D eigenvalue weighted by Crippen LogP contribution is 2.18. The zero-order valence-electron chi connectivity index (χ0n) is 9.54. The van der Waals surface area contributed by atoms with E-state index in [4.69, 9.17) is 10.5 Å². The first-order chi connectivity index (χ1) is 8.13. The minimum atomic E-state index is -0.00852. The Balaban J connectivity index is 2.19. The zero-order chi connectivity index (χ0) is 12.3. The quantitative estimate of drug-likeness (QED) is 0.864. The van der Waals surface area contributed by atoms with Crippen molar-refractivity contribution in [3.63, 3.8) is 0 Å². The second kappa shape index (κ2) is 4.96. The minimum Gasteiger partial charge on any atom is -0.461 e. The molecule has 0 atom stereocenters. The Morgan fingerprint density at radius 1 is 1.35 bits per heavy atom. The first kappa shape index (κ1) is 11.6. The van der Waals surface area contributed by atoms with E-state index in [0.717, 1.165) is 5.69 Å². The predicted octanol–water partition coefficient (Wildman–Crippen LogP) is 2.05. The average molecular weight is 251 g/mol. The number of nitrogens with zero attached hydrogens (tertiary/aromatic N) is 3. The lowest BCUT2D eigenvalue weighted by Crippen LogP contribution is -2.11. The van der Waals surface area contributed by atoms with E-state index >= 15 is 0 Å².